The lowest BCUT2D eigenvalue weighted by atomic mass is 9.87. The van der Waals surface area contributed by atoms with Crippen LogP contribution in [0.1, 0.15) is 0 Å². The maximum absolute atomic E-state index is 5.06. The molecule has 10 rings (SSSR count). The topological polar surface area (TPSA) is 17.8 Å². The van der Waals surface area contributed by atoms with Crippen LogP contribution < -0.4 is 0 Å². The number of hydrogen-bond donors (Lipinski definition) is 0. The maximum Gasteiger partial charge on any atom is 0.145 e. The predicted molar refractivity (Wildman–Crippen MR) is 213 cm³/mol. The van der Waals surface area contributed by atoms with Gasteiger partial charge in [-0.25, -0.2) is 4.98 Å². The highest BCUT2D eigenvalue weighted by atomic mass is 32.1. The molecule has 2 aromatic heterocycles. The molecule has 8 aromatic carbocycles. The Balaban J connectivity index is 1.09. The third-order valence-corrected chi connectivity index (χ3v) is 11.0. The van der Waals surface area contributed by atoms with Crippen molar-refractivity contribution in [3.05, 3.63) is 182 Å². The van der Waals surface area contributed by atoms with Crippen LogP contribution in [0.3, 0.4) is 0 Å². The third-order valence-electron chi connectivity index (χ3n) is 9.83. The lowest BCUT2D eigenvalue weighted by Gasteiger charge is -2.17. The van der Waals surface area contributed by atoms with Crippen LogP contribution in [0.25, 0.3) is 92.4 Å². The first-order valence-corrected chi connectivity index (χ1v) is 17.8. The molecule has 0 aliphatic heterocycles. The molecule has 10 aromatic rings. The highest BCUT2D eigenvalue weighted by molar-refractivity contribution is 7.26. The number of thiophene rings is 1. The largest absolute Gasteiger partial charge is 0.292 e. The van der Waals surface area contributed by atoms with Crippen molar-refractivity contribution < 1.29 is 0 Å². The molecule has 0 fully saturated rings. The van der Waals surface area contributed by atoms with Crippen LogP contribution in [-0.4, -0.2) is 9.55 Å². The van der Waals surface area contributed by atoms with E-state index in [0.717, 1.165) is 28.1 Å². The van der Waals surface area contributed by atoms with Gasteiger partial charge in [-0.05, 0) is 68.9 Å². The van der Waals surface area contributed by atoms with Gasteiger partial charge < -0.3 is 0 Å². The summed E-state index contributed by atoms with van der Waals surface area (Å²) in [5.74, 6) is 0.941. The van der Waals surface area contributed by atoms with E-state index in [2.05, 4.69) is 180 Å². The summed E-state index contributed by atoms with van der Waals surface area (Å²) in [6.45, 7) is 0. The van der Waals surface area contributed by atoms with Crippen LogP contribution in [0.2, 0.25) is 0 Å². The zero-order valence-electron chi connectivity index (χ0n) is 27.1. The highest BCUT2D eigenvalue weighted by Gasteiger charge is 2.21. The van der Waals surface area contributed by atoms with E-state index in [4.69, 9.17) is 4.98 Å². The van der Waals surface area contributed by atoms with Gasteiger partial charge in [0.2, 0.25) is 0 Å². The molecular formula is C47H30N2S. The van der Waals surface area contributed by atoms with Gasteiger partial charge in [0, 0.05) is 37.0 Å². The number of rotatable bonds is 5. The summed E-state index contributed by atoms with van der Waals surface area (Å²) in [7, 11) is 0. The molecule has 3 heteroatoms. The van der Waals surface area contributed by atoms with E-state index in [9.17, 15) is 0 Å². The Bertz CT molecular complexity index is 2830. The summed E-state index contributed by atoms with van der Waals surface area (Å²) in [4.78, 5) is 5.06. The summed E-state index contributed by atoms with van der Waals surface area (Å²) in [6.07, 6.45) is 0. The number of aromatic nitrogens is 2. The standard InChI is InChI=1S/C47H30N2S/c1-3-13-33(14-4-1)44-43(37-17-7-8-18-38(37)45-39-19-9-12-22-42(39)50-46(44)45)34-27-23-31(24-28-34)32-25-29-35(30-26-32)47-48-40-20-10-11-21-41(40)49(47)36-15-5-2-6-16-36/h1-30H. The SMILES string of the molecule is c1ccc(-c2c(-c3ccc(-c4ccc(-c5nc6ccccc6n5-c5ccccc5)cc4)cc3)c3ccccc3c3c2sc2ccccc23)cc1. The van der Waals surface area contributed by atoms with Gasteiger partial charge in [0.1, 0.15) is 5.82 Å². The Morgan fingerprint density at radius 1 is 0.400 bits per heavy atom. The number of imidazole rings is 1. The fourth-order valence-corrected chi connectivity index (χ4v) is 8.83. The lowest BCUT2D eigenvalue weighted by Crippen LogP contribution is -1.97. The van der Waals surface area contributed by atoms with Crippen LogP contribution >= 0.6 is 11.3 Å². The Morgan fingerprint density at radius 3 is 1.68 bits per heavy atom. The molecule has 0 saturated heterocycles. The summed E-state index contributed by atoms with van der Waals surface area (Å²) in [5, 5.41) is 5.25. The van der Waals surface area contributed by atoms with Gasteiger partial charge in [-0.3, -0.25) is 4.57 Å². The zero-order chi connectivity index (χ0) is 33.0. The molecule has 50 heavy (non-hydrogen) atoms. The van der Waals surface area contributed by atoms with E-state index >= 15 is 0 Å². The number of para-hydroxylation sites is 3. The van der Waals surface area contributed by atoms with Crippen molar-refractivity contribution in [3.8, 4) is 50.5 Å². The molecule has 0 bridgehead atoms. The smallest absolute Gasteiger partial charge is 0.145 e. The van der Waals surface area contributed by atoms with Crippen molar-refractivity contribution in [1.82, 2.24) is 9.55 Å². The number of benzene rings is 8. The van der Waals surface area contributed by atoms with Gasteiger partial charge in [-0.2, -0.15) is 0 Å². The third kappa shape index (κ3) is 4.59. The Hall–Kier alpha value is -6.29. The summed E-state index contributed by atoms with van der Waals surface area (Å²) in [6, 6.07) is 65.4. The van der Waals surface area contributed by atoms with E-state index in [1.807, 2.05) is 17.4 Å². The first kappa shape index (κ1) is 28.7. The molecular weight excluding hydrogens is 625 g/mol. The molecule has 2 heterocycles. The Kier molecular flexibility index (Phi) is 6.71. The molecule has 0 aliphatic rings. The van der Waals surface area contributed by atoms with Crippen molar-refractivity contribution in [3.63, 3.8) is 0 Å². The van der Waals surface area contributed by atoms with Crippen molar-refractivity contribution in [2.75, 3.05) is 0 Å². The van der Waals surface area contributed by atoms with Gasteiger partial charge in [-0.15, -0.1) is 11.3 Å². The van der Waals surface area contributed by atoms with Crippen LogP contribution in [-0.2, 0) is 0 Å². The maximum atomic E-state index is 5.06. The quantitative estimate of drug-likeness (QED) is 0.181. The van der Waals surface area contributed by atoms with Crippen LogP contribution in [0.15, 0.2) is 182 Å². The van der Waals surface area contributed by atoms with E-state index in [1.165, 1.54) is 64.3 Å². The minimum atomic E-state index is 0.941. The van der Waals surface area contributed by atoms with Crippen molar-refractivity contribution in [1.29, 1.82) is 0 Å². The van der Waals surface area contributed by atoms with Gasteiger partial charge in [0.05, 0.1) is 11.0 Å². The number of nitrogens with zero attached hydrogens (tertiary/aromatic N) is 2. The second-order valence-corrected chi connectivity index (χ2v) is 13.8. The second kappa shape index (κ2) is 11.7. The number of hydrogen-bond acceptors (Lipinski definition) is 2. The summed E-state index contributed by atoms with van der Waals surface area (Å²) in [5.41, 5.74) is 11.7. The van der Waals surface area contributed by atoms with Crippen molar-refractivity contribution in [2.24, 2.45) is 0 Å². The van der Waals surface area contributed by atoms with Gasteiger partial charge in [-0.1, -0.05) is 152 Å². The van der Waals surface area contributed by atoms with E-state index in [0.29, 0.717) is 0 Å². The molecule has 2 nitrogen and oxygen atoms in total. The van der Waals surface area contributed by atoms with E-state index < -0.39 is 0 Å². The summed E-state index contributed by atoms with van der Waals surface area (Å²) >= 11 is 1.90. The minimum Gasteiger partial charge on any atom is -0.292 e. The van der Waals surface area contributed by atoms with E-state index in [1.54, 1.807) is 0 Å². The van der Waals surface area contributed by atoms with Crippen molar-refractivity contribution in [2.45, 2.75) is 0 Å². The molecule has 0 spiro atoms. The molecule has 0 unspecified atom stereocenters. The van der Waals surface area contributed by atoms with E-state index in [-0.39, 0.29) is 0 Å². The predicted octanol–water partition coefficient (Wildman–Crippen LogP) is 13.2. The normalized spacial score (nSPS) is 11.6. The average Bonchev–Trinajstić information content (AvgIpc) is 3.78. The molecule has 0 N–H and O–H groups in total. The molecule has 234 valence electrons. The van der Waals surface area contributed by atoms with Gasteiger partial charge in [0.25, 0.3) is 0 Å². The average molecular weight is 655 g/mol. The van der Waals surface area contributed by atoms with Gasteiger partial charge in [0.15, 0.2) is 0 Å². The Labute approximate surface area is 294 Å². The molecule has 0 radical (unpaired) electrons. The molecule has 0 amide bonds. The first-order chi connectivity index (χ1) is 24.8. The first-order valence-electron chi connectivity index (χ1n) is 17.0. The van der Waals surface area contributed by atoms with Crippen LogP contribution in [0, 0.1) is 0 Å². The summed E-state index contributed by atoms with van der Waals surface area (Å²) < 4.78 is 4.91. The zero-order valence-corrected chi connectivity index (χ0v) is 27.9. The van der Waals surface area contributed by atoms with Crippen molar-refractivity contribution >= 4 is 53.3 Å². The van der Waals surface area contributed by atoms with Crippen LogP contribution in [0.5, 0.6) is 0 Å². The molecule has 0 aliphatic carbocycles. The second-order valence-electron chi connectivity index (χ2n) is 12.7. The minimum absolute atomic E-state index is 0.941. The van der Waals surface area contributed by atoms with Crippen LogP contribution in [0.4, 0.5) is 0 Å². The highest BCUT2D eigenvalue weighted by Crippen LogP contribution is 2.50. The lowest BCUT2D eigenvalue weighted by molar-refractivity contribution is 1.10. The number of fused-ring (bicyclic) bond motifs is 6. The monoisotopic (exact) mass is 654 g/mol. The molecule has 0 atom stereocenters. The van der Waals surface area contributed by atoms with Gasteiger partial charge >= 0.3 is 0 Å². The molecule has 0 saturated carbocycles. The Morgan fingerprint density at radius 2 is 0.940 bits per heavy atom. The fourth-order valence-electron chi connectivity index (χ4n) is 7.54. The fraction of sp³-hybridized carbons (Fsp3) is 0.